The van der Waals surface area contributed by atoms with Crippen molar-refractivity contribution in [1.82, 2.24) is 0 Å². The zero-order valence-corrected chi connectivity index (χ0v) is 18.3. The van der Waals surface area contributed by atoms with E-state index in [1.54, 1.807) is 12.1 Å². The van der Waals surface area contributed by atoms with Gasteiger partial charge in [0.1, 0.15) is 5.75 Å². The van der Waals surface area contributed by atoms with E-state index >= 15 is 0 Å². The highest BCUT2D eigenvalue weighted by atomic mass is 19.4. The maximum Gasteiger partial charge on any atom is 0.426 e. The zero-order valence-electron chi connectivity index (χ0n) is 18.3. The Balaban J connectivity index is 1.70. The highest BCUT2D eigenvalue weighted by molar-refractivity contribution is 5.66. The number of allylic oxidation sites excluding steroid dienone is 3. The van der Waals surface area contributed by atoms with E-state index in [0.29, 0.717) is 18.1 Å². The van der Waals surface area contributed by atoms with Crippen molar-refractivity contribution in [3.8, 4) is 11.5 Å². The van der Waals surface area contributed by atoms with Gasteiger partial charge >= 0.3 is 12.3 Å². The van der Waals surface area contributed by atoms with Crippen molar-refractivity contribution in [2.24, 2.45) is 5.92 Å². The Morgan fingerprint density at radius 1 is 1.00 bits per heavy atom. The average molecular weight is 488 g/mol. The number of ether oxygens (including phenoxy) is 2. The SMILES string of the molecule is CCCC1CC=C(c2ccc(C(F)(F)Oc3cc(F)c(O/C=C/C(F)(F)F)c(F)c3)cc2)CC1. The Hall–Kier alpha value is -2.97. The van der Waals surface area contributed by atoms with Gasteiger partial charge in [-0.2, -0.15) is 22.0 Å². The minimum atomic E-state index is -4.75. The maximum atomic E-state index is 14.6. The molecule has 2 aromatic rings. The van der Waals surface area contributed by atoms with Gasteiger partial charge in [-0.1, -0.05) is 38.0 Å². The molecule has 1 aliphatic carbocycles. The van der Waals surface area contributed by atoms with E-state index in [1.807, 2.05) is 0 Å². The normalized spacial score (nSPS) is 17.1. The summed E-state index contributed by atoms with van der Waals surface area (Å²) in [6, 6.07) is 6.26. The first kappa shape index (κ1) is 25.6. The molecule has 0 bridgehead atoms. The monoisotopic (exact) mass is 488 g/mol. The van der Waals surface area contributed by atoms with Crippen LogP contribution in [0.5, 0.6) is 11.5 Å². The first-order valence-corrected chi connectivity index (χ1v) is 10.8. The molecule has 0 fully saturated rings. The van der Waals surface area contributed by atoms with E-state index in [9.17, 15) is 30.7 Å². The lowest BCUT2D eigenvalue weighted by atomic mass is 9.84. The molecule has 1 unspecified atom stereocenters. The van der Waals surface area contributed by atoms with E-state index < -0.39 is 41.0 Å². The van der Waals surface area contributed by atoms with E-state index in [2.05, 4.69) is 22.5 Å². The predicted molar refractivity (Wildman–Crippen MR) is 113 cm³/mol. The van der Waals surface area contributed by atoms with Gasteiger partial charge < -0.3 is 9.47 Å². The van der Waals surface area contributed by atoms with Gasteiger partial charge in [0.05, 0.1) is 17.9 Å². The Labute approximate surface area is 192 Å². The fourth-order valence-electron chi connectivity index (χ4n) is 3.79. The van der Waals surface area contributed by atoms with Gasteiger partial charge in [0.25, 0.3) is 0 Å². The molecule has 0 aromatic heterocycles. The average Bonchev–Trinajstić information content (AvgIpc) is 2.75. The Morgan fingerprint density at radius 2 is 1.65 bits per heavy atom. The highest BCUT2D eigenvalue weighted by Gasteiger charge is 2.35. The van der Waals surface area contributed by atoms with Crippen LogP contribution in [0.3, 0.4) is 0 Å². The third-order valence-electron chi connectivity index (χ3n) is 5.47. The molecule has 34 heavy (non-hydrogen) atoms. The number of halogens is 7. The fourth-order valence-corrected chi connectivity index (χ4v) is 3.79. The molecule has 2 nitrogen and oxygen atoms in total. The molecule has 0 saturated carbocycles. The van der Waals surface area contributed by atoms with E-state index in [4.69, 9.17) is 0 Å². The molecule has 0 N–H and O–H groups in total. The molecule has 0 aliphatic heterocycles. The van der Waals surface area contributed by atoms with Crippen LogP contribution in [-0.4, -0.2) is 6.18 Å². The number of rotatable bonds is 8. The molecule has 0 heterocycles. The lowest BCUT2D eigenvalue weighted by Crippen LogP contribution is -2.22. The van der Waals surface area contributed by atoms with Gasteiger partial charge in [-0.25, -0.2) is 8.78 Å². The summed E-state index contributed by atoms with van der Waals surface area (Å²) in [5.74, 6) is -4.39. The second-order valence-electron chi connectivity index (χ2n) is 8.03. The quantitative estimate of drug-likeness (QED) is 0.274. The van der Waals surface area contributed by atoms with Crippen molar-refractivity contribution in [1.29, 1.82) is 0 Å². The van der Waals surface area contributed by atoms with Crippen LogP contribution in [-0.2, 0) is 6.11 Å². The van der Waals surface area contributed by atoms with Gasteiger partial charge in [0, 0.05) is 12.1 Å². The number of hydrogen-bond acceptors (Lipinski definition) is 2. The Bertz CT molecular complexity index is 1020. The molecule has 0 saturated heterocycles. The lowest BCUT2D eigenvalue weighted by Gasteiger charge is -2.22. The number of benzene rings is 2. The summed E-state index contributed by atoms with van der Waals surface area (Å²) in [7, 11) is 0. The van der Waals surface area contributed by atoms with Gasteiger partial charge in [0.15, 0.2) is 17.4 Å². The van der Waals surface area contributed by atoms with Crippen molar-refractivity contribution in [3.63, 3.8) is 0 Å². The standard InChI is InChI=1S/C25H23F7O2/c1-2-3-16-4-6-17(7-5-16)18-8-10-19(11-9-18)25(31,32)34-20-14-21(26)23(22(27)15-20)33-13-12-24(28,29)30/h6,8-16H,2-5,7H2,1H3/b13-12+. The van der Waals surface area contributed by atoms with Crippen molar-refractivity contribution in [2.45, 2.75) is 51.3 Å². The van der Waals surface area contributed by atoms with Crippen LogP contribution < -0.4 is 9.47 Å². The smallest absolute Gasteiger partial charge is 0.426 e. The number of hydrogen-bond donors (Lipinski definition) is 0. The van der Waals surface area contributed by atoms with Crippen LogP contribution in [0, 0.1) is 17.6 Å². The van der Waals surface area contributed by atoms with Crippen molar-refractivity contribution in [2.75, 3.05) is 0 Å². The second-order valence-corrected chi connectivity index (χ2v) is 8.03. The van der Waals surface area contributed by atoms with Gasteiger partial charge in [0.2, 0.25) is 0 Å². The van der Waals surface area contributed by atoms with Gasteiger partial charge in [-0.15, -0.1) is 0 Å². The summed E-state index contributed by atoms with van der Waals surface area (Å²) in [6.07, 6.45) is -1.72. The maximum absolute atomic E-state index is 14.6. The first-order valence-electron chi connectivity index (χ1n) is 10.8. The van der Waals surface area contributed by atoms with Crippen molar-refractivity contribution < 1.29 is 40.2 Å². The minimum absolute atomic E-state index is 0.0455. The van der Waals surface area contributed by atoms with Gasteiger partial charge in [-0.3, -0.25) is 0 Å². The summed E-state index contributed by atoms with van der Waals surface area (Å²) >= 11 is 0. The van der Waals surface area contributed by atoms with Crippen LogP contribution in [0.4, 0.5) is 30.7 Å². The summed E-state index contributed by atoms with van der Waals surface area (Å²) in [5, 5.41) is 0. The lowest BCUT2D eigenvalue weighted by molar-refractivity contribution is -0.185. The predicted octanol–water partition coefficient (Wildman–Crippen LogP) is 8.53. The molecule has 184 valence electrons. The van der Waals surface area contributed by atoms with Crippen LogP contribution in [0.1, 0.15) is 50.2 Å². The van der Waals surface area contributed by atoms with E-state index in [0.717, 1.165) is 43.2 Å². The topological polar surface area (TPSA) is 18.5 Å². The Morgan fingerprint density at radius 3 is 2.18 bits per heavy atom. The number of alkyl halides is 5. The van der Waals surface area contributed by atoms with E-state index in [1.165, 1.54) is 12.1 Å². The molecule has 9 heteroatoms. The summed E-state index contributed by atoms with van der Waals surface area (Å²) in [5.41, 5.74) is 1.38. The van der Waals surface area contributed by atoms with E-state index in [-0.39, 0.29) is 12.3 Å². The largest absolute Gasteiger partial charge is 0.459 e. The summed E-state index contributed by atoms with van der Waals surface area (Å²) in [6.45, 7) is 2.14. The zero-order chi connectivity index (χ0) is 24.9. The third-order valence-corrected chi connectivity index (χ3v) is 5.47. The van der Waals surface area contributed by atoms with Crippen LogP contribution in [0.2, 0.25) is 0 Å². The summed E-state index contributed by atoms with van der Waals surface area (Å²) in [4.78, 5) is 0. The molecule has 0 amide bonds. The molecule has 3 rings (SSSR count). The molecule has 0 spiro atoms. The van der Waals surface area contributed by atoms with Crippen molar-refractivity contribution in [3.05, 3.63) is 77.6 Å². The van der Waals surface area contributed by atoms with Crippen molar-refractivity contribution >= 4 is 5.57 Å². The second kappa shape index (κ2) is 10.5. The molecular weight excluding hydrogens is 465 g/mol. The van der Waals surface area contributed by atoms with Crippen LogP contribution >= 0.6 is 0 Å². The fraction of sp³-hybridized carbons (Fsp3) is 0.360. The molecule has 1 aliphatic rings. The highest BCUT2D eigenvalue weighted by Crippen LogP contribution is 2.37. The van der Waals surface area contributed by atoms with Gasteiger partial charge in [-0.05, 0) is 48.4 Å². The molecule has 2 aromatic carbocycles. The summed E-state index contributed by atoms with van der Waals surface area (Å²) < 4.78 is 102. The third kappa shape index (κ3) is 6.77. The van der Waals surface area contributed by atoms with Crippen LogP contribution in [0.25, 0.3) is 5.57 Å². The molecular formula is C25H23F7O2. The molecule has 0 radical (unpaired) electrons. The molecule has 1 atom stereocenters. The minimum Gasteiger partial charge on any atom is -0.459 e. The van der Waals surface area contributed by atoms with Crippen LogP contribution in [0.15, 0.2) is 54.8 Å². The Kier molecular flexibility index (Phi) is 7.94. The first-order chi connectivity index (χ1) is 16.0.